The lowest BCUT2D eigenvalue weighted by Crippen LogP contribution is -2.37. The average Bonchev–Trinajstić information content (AvgIpc) is 3.14. The summed E-state index contributed by atoms with van der Waals surface area (Å²) in [6.45, 7) is 5.87. The fraction of sp³-hybridized carbons (Fsp3) is 0.450. The normalized spacial score (nSPS) is 15.1. The first kappa shape index (κ1) is 18.6. The summed E-state index contributed by atoms with van der Waals surface area (Å²) in [5.74, 6) is 0.564. The van der Waals surface area contributed by atoms with Crippen molar-refractivity contribution < 1.29 is 9.59 Å². The molecule has 1 fully saturated rings. The zero-order valence-corrected chi connectivity index (χ0v) is 16.1. The molecule has 2 amide bonds. The SMILES string of the molecule is CCC(=O)NCc1csc(C2CCN(C(=O)c3cccc(C)c3)CC2)n1. The van der Waals surface area contributed by atoms with Crippen molar-refractivity contribution in [2.45, 2.75) is 45.6 Å². The first-order chi connectivity index (χ1) is 12.6. The molecule has 1 saturated heterocycles. The lowest BCUT2D eigenvalue weighted by atomic mass is 9.97. The highest BCUT2D eigenvalue weighted by Crippen LogP contribution is 2.30. The molecule has 6 heteroatoms. The Morgan fingerprint density at radius 3 is 2.77 bits per heavy atom. The third kappa shape index (κ3) is 4.49. The second-order valence-electron chi connectivity index (χ2n) is 6.74. The van der Waals surface area contributed by atoms with Gasteiger partial charge in [0.15, 0.2) is 0 Å². The molecule has 1 aromatic carbocycles. The van der Waals surface area contributed by atoms with Crippen molar-refractivity contribution in [3.05, 3.63) is 51.5 Å². The molecule has 0 saturated carbocycles. The predicted molar refractivity (Wildman–Crippen MR) is 103 cm³/mol. The molecule has 2 aromatic rings. The minimum atomic E-state index is 0.0440. The summed E-state index contributed by atoms with van der Waals surface area (Å²) in [6.07, 6.45) is 2.36. The molecular formula is C20H25N3O2S. The zero-order chi connectivity index (χ0) is 18.5. The van der Waals surface area contributed by atoms with E-state index in [1.54, 1.807) is 11.3 Å². The van der Waals surface area contributed by atoms with Gasteiger partial charge in [0, 0.05) is 36.4 Å². The van der Waals surface area contributed by atoms with Crippen molar-refractivity contribution in [2.24, 2.45) is 0 Å². The van der Waals surface area contributed by atoms with Crippen molar-refractivity contribution in [3.8, 4) is 0 Å². The number of nitrogens with zero attached hydrogens (tertiary/aromatic N) is 2. The Labute approximate surface area is 158 Å². The topological polar surface area (TPSA) is 62.3 Å². The van der Waals surface area contributed by atoms with Gasteiger partial charge in [-0.25, -0.2) is 4.98 Å². The van der Waals surface area contributed by atoms with E-state index in [4.69, 9.17) is 0 Å². The Bertz CT molecular complexity index is 779. The molecular weight excluding hydrogens is 346 g/mol. The Morgan fingerprint density at radius 2 is 2.08 bits per heavy atom. The van der Waals surface area contributed by atoms with Gasteiger partial charge in [0.1, 0.15) is 0 Å². The van der Waals surface area contributed by atoms with Crippen LogP contribution in [0.15, 0.2) is 29.6 Å². The maximum Gasteiger partial charge on any atom is 0.253 e. The molecule has 0 atom stereocenters. The molecule has 0 bridgehead atoms. The van der Waals surface area contributed by atoms with E-state index in [1.807, 2.05) is 48.4 Å². The van der Waals surface area contributed by atoms with Gasteiger partial charge in [-0.1, -0.05) is 24.6 Å². The van der Waals surface area contributed by atoms with Crippen LogP contribution < -0.4 is 5.32 Å². The van der Waals surface area contributed by atoms with Crippen LogP contribution in [0.25, 0.3) is 0 Å². The standard InChI is InChI=1S/C20H25N3O2S/c1-3-18(24)21-12-17-13-26-19(22-17)15-7-9-23(10-8-15)20(25)16-6-4-5-14(2)11-16/h4-6,11,13,15H,3,7-10,12H2,1-2H3,(H,21,24). The Hall–Kier alpha value is -2.21. The van der Waals surface area contributed by atoms with E-state index >= 15 is 0 Å². The number of thiazole rings is 1. The highest BCUT2D eigenvalue weighted by Gasteiger charge is 2.26. The Morgan fingerprint density at radius 1 is 1.31 bits per heavy atom. The van der Waals surface area contributed by atoms with Gasteiger partial charge in [-0.05, 0) is 31.9 Å². The first-order valence-corrected chi connectivity index (χ1v) is 10.0. The number of carbonyl (C=O) groups is 2. The third-order valence-corrected chi connectivity index (χ3v) is 5.81. The quantitative estimate of drug-likeness (QED) is 0.875. The molecule has 0 unspecified atom stereocenters. The van der Waals surface area contributed by atoms with Crippen LogP contribution in [0.4, 0.5) is 0 Å². The Balaban J connectivity index is 1.54. The maximum absolute atomic E-state index is 12.6. The first-order valence-electron chi connectivity index (χ1n) is 9.13. The van der Waals surface area contributed by atoms with E-state index < -0.39 is 0 Å². The summed E-state index contributed by atoms with van der Waals surface area (Å²) in [4.78, 5) is 30.6. The number of rotatable bonds is 5. The number of amides is 2. The molecule has 0 spiro atoms. The van der Waals surface area contributed by atoms with Crippen LogP contribution in [-0.4, -0.2) is 34.8 Å². The van der Waals surface area contributed by atoms with Crippen LogP contribution in [-0.2, 0) is 11.3 Å². The maximum atomic E-state index is 12.6. The van der Waals surface area contributed by atoms with E-state index in [0.29, 0.717) is 18.9 Å². The monoisotopic (exact) mass is 371 g/mol. The van der Waals surface area contributed by atoms with E-state index in [0.717, 1.165) is 47.8 Å². The lowest BCUT2D eigenvalue weighted by Gasteiger charge is -2.31. The fourth-order valence-electron chi connectivity index (χ4n) is 3.20. The summed E-state index contributed by atoms with van der Waals surface area (Å²) in [6, 6.07) is 7.78. The Kier molecular flexibility index (Phi) is 6.04. The van der Waals surface area contributed by atoms with Gasteiger partial charge < -0.3 is 10.2 Å². The molecule has 26 heavy (non-hydrogen) atoms. The van der Waals surface area contributed by atoms with Gasteiger partial charge in [-0.15, -0.1) is 11.3 Å². The van der Waals surface area contributed by atoms with Crippen molar-refractivity contribution >= 4 is 23.2 Å². The number of aromatic nitrogens is 1. The molecule has 3 rings (SSSR count). The van der Waals surface area contributed by atoms with Gasteiger partial charge in [0.25, 0.3) is 5.91 Å². The second kappa shape index (κ2) is 8.45. The van der Waals surface area contributed by atoms with Crippen LogP contribution in [0.3, 0.4) is 0 Å². The molecule has 0 aliphatic carbocycles. The van der Waals surface area contributed by atoms with Crippen molar-refractivity contribution in [1.82, 2.24) is 15.2 Å². The average molecular weight is 372 g/mol. The molecule has 1 aliphatic heterocycles. The number of nitrogens with one attached hydrogen (secondary N) is 1. The number of benzene rings is 1. The van der Waals surface area contributed by atoms with E-state index in [9.17, 15) is 9.59 Å². The van der Waals surface area contributed by atoms with Crippen LogP contribution in [0, 0.1) is 6.92 Å². The van der Waals surface area contributed by atoms with E-state index in [-0.39, 0.29) is 11.8 Å². The van der Waals surface area contributed by atoms with Gasteiger partial charge in [-0.3, -0.25) is 9.59 Å². The van der Waals surface area contributed by atoms with Crippen molar-refractivity contribution in [1.29, 1.82) is 0 Å². The highest BCUT2D eigenvalue weighted by atomic mass is 32.1. The second-order valence-corrected chi connectivity index (χ2v) is 7.63. The number of carbonyl (C=O) groups excluding carboxylic acids is 2. The summed E-state index contributed by atoms with van der Waals surface area (Å²) in [5.41, 5.74) is 2.80. The van der Waals surface area contributed by atoms with Gasteiger partial charge in [-0.2, -0.15) is 0 Å². The lowest BCUT2D eigenvalue weighted by molar-refractivity contribution is -0.120. The number of aryl methyl sites for hydroxylation is 1. The predicted octanol–water partition coefficient (Wildman–Crippen LogP) is 3.50. The number of piperidine rings is 1. The molecule has 138 valence electrons. The highest BCUT2D eigenvalue weighted by molar-refractivity contribution is 7.09. The molecule has 5 nitrogen and oxygen atoms in total. The van der Waals surface area contributed by atoms with Crippen molar-refractivity contribution in [2.75, 3.05) is 13.1 Å². The summed E-state index contributed by atoms with van der Waals surface area (Å²) >= 11 is 1.66. The van der Waals surface area contributed by atoms with Crippen LogP contribution in [0.1, 0.15) is 58.7 Å². The third-order valence-electron chi connectivity index (χ3n) is 4.75. The van der Waals surface area contributed by atoms with Gasteiger partial charge >= 0.3 is 0 Å². The van der Waals surface area contributed by atoms with Crippen molar-refractivity contribution in [3.63, 3.8) is 0 Å². The molecule has 0 radical (unpaired) electrons. The number of hydrogen-bond donors (Lipinski definition) is 1. The van der Waals surface area contributed by atoms with Crippen LogP contribution in [0.5, 0.6) is 0 Å². The van der Waals surface area contributed by atoms with Crippen LogP contribution >= 0.6 is 11.3 Å². The summed E-state index contributed by atoms with van der Waals surface area (Å²) in [5, 5.41) is 6.00. The minimum Gasteiger partial charge on any atom is -0.350 e. The smallest absolute Gasteiger partial charge is 0.253 e. The summed E-state index contributed by atoms with van der Waals surface area (Å²) in [7, 11) is 0. The van der Waals surface area contributed by atoms with E-state index in [2.05, 4.69) is 10.3 Å². The largest absolute Gasteiger partial charge is 0.350 e. The molecule has 1 N–H and O–H groups in total. The molecule has 2 heterocycles. The number of hydrogen-bond acceptors (Lipinski definition) is 4. The van der Waals surface area contributed by atoms with Gasteiger partial charge in [0.2, 0.25) is 5.91 Å². The minimum absolute atomic E-state index is 0.0440. The fourth-order valence-corrected chi connectivity index (χ4v) is 4.19. The zero-order valence-electron chi connectivity index (χ0n) is 15.3. The van der Waals surface area contributed by atoms with Crippen LogP contribution in [0.2, 0.25) is 0 Å². The number of likely N-dealkylation sites (tertiary alicyclic amines) is 1. The molecule has 1 aliphatic rings. The summed E-state index contributed by atoms with van der Waals surface area (Å²) < 4.78 is 0. The van der Waals surface area contributed by atoms with Gasteiger partial charge in [0.05, 0.1) is 17.2 Å². The molecule has 1 aromatic heterocycles. The van der Waals surface area contributed by atoms with E-state index in [1.165, 1.54) is 0 Å².